The number of fused-ring (bicyclic) bond motifs is 1. The molecule has 2 rings (SSSR count). The first-order chi connectivity index (χ1) is 13.4. The van der Waals surface area contributed by atoms with E-state index >= 15 is 0 Å². The van der Waals surface area contributed by atoms with Crippen LogP contribution < -0.4 is 15.0 Å². The van der Waals surface area contributed by atoms with Crippen molar-refractivity contribution in [3.05, 3.63) is 51.9 Å². The molecule has 5 nitrogen and oxygen atoms in total. The monoisotopic (exact) mass is 385 g/mol. The Kier molecular flexibility index (Phi) is 7.73. The first-order valence-electron chi connectivity index (χ1n) is 9.83. The second-order valence-corrected chi connectivity index (χ2v) is 6.99. The molecule has 5 heteroatoms. The number of benzene rings is 1. The summed E-state index contributed by atoms with van der Waals surface area (Å²) < 4.78 is 13.0. The topological polar surface area (TPSA) is 60.7 Å². The van der Waals surface area contributed by atoms with Crippen LogP contribution in [-0.2, 0) is 6.54 Å². The van der Waals surface area contributed by atoms with Crippen molar-refractivity contribution in [3.8, 4) is 17.2 Å². The number of ether oxygens (including phenoxy) is 2. The first kappa shape index (κ1) is 21.6. The van der Waals surface area contributed by atoms with E-state index < -0.39 is 0 Å². The normalized spacial score (nSPS) is 11.5. The molecule has 0 aliphatic rings. The number of rotatable bonds is 9. The van der Waals surface area contributed by atoms with Gasteiger partial charge in [0.05, 0.1) is 17.5 Å². The smallest absolute Gasteiger partial charge is 0.297 e. The molecule has 0 aliphatic carbocycles. The van der Waals surface area contributed by atoms with E-state index in [2.05, 4.69) is 26.8 Å². The van der Waals surface area contributed by atoms with Crippen molar-refractivity contribution < 1.29 is 14.6 Å². The standard InChI is InChI=1S/C23H31NO4/c1-6-24-18-12-9-13-19(20(18)21(25)22(23(24)26)27-7-2)28-15-14-17(5)11-8-10-16(3)4/h9-10,12-14,25H,6-8,11,15H2,1-5H3. The third kappa shape index (κ3) is 4.97. The molecule has 152 valence electrons. The van der Waals surface area contributed by atoms with Crippen LogP contribution in [0.2, 0.25) is 0 Å². The molecule has 0 spiro atoms. The van der Waals surface area contributed by atoms with Gasteiger partial charge in [0.1, 0.15) is 12.4 Å². The highest BCUT2D eigenvalue weighted by Crippen LogP contribution is 2.37. The third-order valence-corrected chi connectivity index (χ3v) is 4.55. The van der Waals surface area contributed by atoms with Gasteiger partial charge >= 0.3 is 0 Å². The zero-order chi connectivity index (χ0) is 20.7. The van der Waals surface area contributed by atoms with Crippen LogP contribution in [0.3, 0.4) is 0 Å². The second-order valence-electron chi connectivity index (χ2n) is 6.99. The van der Waals surface area contributed by atoms with E-state index in [1.165, 1.54) is 11.1 Å². The lowest BCUT2D eigenvalue weighted by molar-refractivity contribution is 0.311. The molecule has 0 saturated carbocycles. The molecule has 0 aliphatic heterocycles. The average molecular weight is 386 g/mol. The van der Waals surface area contributed by atoms with Crippen molar-refractivity contribution in [1.29, 1.82) is 0 Å². The van der Waals surface area contributed by atoms with E-state index in [0.29, 0.717) is 36.4 Å². The number of nitrogens with zero attached hydrogens (tertiary/aromatic N) is 1. The lowest BCUT2D eigenvalue weighted by Gasteiger charge is -2.16. The number of hydrogen-bond acceptors (Lipinski definition) is 4. The van der Waals surface area contributed by atoms with Gasteiger partial charge in [-0.3, -0.25) is 4.79 Å². The van der Waals surface area contributed by atoms with Crippen LogP contribution in [0.4, 0.5) is 0 Å². The highest BCUT2D eigenvalue weighted by Gasteiger charge is 2.19. The van der Waals surface area contributed by atoms with Gasteiger partial charge in [-0.05, 0) is 65.7 Å². The van der Waals surface area contributed by atoms with Crippen LogP contribution in [0.15, 0.2) is 46.3 Å². The lowest BCUT2D eigenvalue weighted by Crippen LogP contribution is -2.22. The molecule has 0 fully saturated rings. The van der Waals surface area contributed by atoms with Crippen molar-refractivity contribution in [2.75, 3.05) is 13.2 Å². The van der Waals surface area contributed by atoms with Gasteiger partial charge in [0.25, 0.3) is 5.56 Å². The minimum absolute atomic E-state index is 0.0265. The van der Waals surface area contributed by atoms with Crippen molar-refractivity contribution in [1.82, 2.24) is 4.57 Å². The fourth-order valence-corrected chi connectivity index (χ4v) is 3.10. The molecule has 0 saturated heterocycles. The number of aromatic nitrogens is 1. The molecule has 1 N–H and O–H groups in total. The Labute approximate surface area is 166 Å². The van der Waals surface area contributed by atoms with Gasteiger partial charge in [0.2, 0.25) is 5.75 Å². The molecule has 28 heavy (non-hydrogen) atoms. The predicted octanol–water partition coefficient (Wildman–Crippen LogP) is 5.20. The summed E-state index contributed by atoms with van der Waals surface area (Å²) in [5.74, 6) is 0.347. The Morgan fingerprint density at radius 1 is 1.14 bits per heavy atom. The van der Waals surface area contributed by atoms with Gasteiger partial charge in [-0.2, -0.15) is 0 Å². The molecule has 2 aromatic rings. The van der Waals surface area contributed by atoms with Crippen molar-refractivity contribution in [2.45, 2.75) is 54.0 Å². The van der Waals surface area contributed by atoms with Crippen LogP contribution >= 0.6 is 0 Å². The third-order valence-electron chi connectivity index (χ3n) is 4.55. The number of pyridine rings is 1. The highest BCUT2D eigenvalue weighted by atomic mass is 16.5. The number of allylic oxidation sites excluding steroid dienone is 3. The Morgan fingerprint density at radius 3 is 2.54 bits per heavy atom. The Morgan fingerprint density at radius 2 is 1.89 bits per heavy atom. The second kappa shape index (κ2) is 10.0. The molecule has 0 unspecified atom stereocenters. The molecule has 0 bridgehead atoms. The number of aryl methyl sites for hydroxylation is 1. The first-order valence-corrected chi connectivity index (χ1v) is 9.83. The zero-order valence-electron chi connectivity index (χ0n) is 17.5. The van der Waals surface area contributed by atoms with Gasteiger partial charge in [0, 0.05) is 6.54 Å². The predicted molar refractivity (Wildman–Crippen MR) is 115 cm³/mol. The molecular formula is C23H31NO4. The average Bonchev–Trinajstić information content (AvgIpc) is 2.65. The minimum atomic E-state index is -0.332. The van der Waals surface area contributed by atoms with E-state index in [9.17, 15) is 9.90 Å². The Balaban J connectivity index is 2.34. The van der Waals surface area contributed by atoms with E-state index in [4.69, 9.17) is 9.47 Å². The van der Waals surface area contributed by atoms with E-state index in [-0.39, 0.29) is 17.1 Å². The van der Waals surface area contributed by atoms with Gasteiger partial charge < -0.3 is 19.1 Å². The maximum atomic E-state index is 12.6. The zero-order valence-corrected chi connectivity index (χ0v) is 17.5. The van der Waals surface area contributed by atoms with Crippen LogP contribution in [0, 0.1) is 0 Å². The molecule has 0 radical (unpaired) electrons. The molecular weight excluding hydrogens is 354 g/mol. The van der Waals surface area contributed by atoms with Crippen molar-refractivity contribution in [2.24, 2.45) is 0 Å². The summed E-state index contributed by atoms with van der Waals surface area (Å²) in [6.07, 6.45) is 6.27. The summed E-state index contributed by atoms with van der Waals surface area (Å²) in [6, 6.07) is 5.44. The summed E-state index contributed by atoms with van der Waals surface area (Å²) in [4.78, 5) is 12.6. The molecule has 1 aromatic heterocycles. The van der Waals surface area contributed by atoms with Crippen LogP contribution in [0.5, 0.6) is 17.2 Å². The number of hydrogen-bond donors (Lipinski definition) is 1. The summed E-state index contributed by atoms with van der Waals surface area (Å²) in [5.41, 5.74) is 2.88. The van der Waals surface area contributed by atoms with E-state index in [1.54, 1.807) is 17.6 Å². The molecule has 0 amide bonds. The Hall–Kier alpha value is -2.69. The fraction of sp³-hybridized carbons (Fsp3) is 0.435. The van der Waals surface area contributed by atoms with Gasteiger partial charge in [-0.1, -0.05) is 23.3 Å². The van der Waals surface area contributed by atoms with Crippen LogP contribution in [-0.4, -0.2) is 22.9 Å². The van der Waals surface area contributed by atoms with E-state index in [1.807, 2.05) is 25.1 Å². The minimum Gasteiger partial charge on any atom is -0.504 e. The molecule has 1 aromatic carbocycles. The summed E-state index contributed by atoms with van der Waals surface area (Å²) in [5, 5.41) is 11.2. The fourth-order valence-electron chi connectivity index (χ4n) is 3.10. The summed E-state index contributed by atoms with van der Waals surface area (Å²) in [7, 11) is 0. The van der Waals surface area contributed by atoms with Gasteiger partial charge in [-0.25, -0.2) is 0 Å². The molecule has 1 heterocycles. The maximum absolute atomic E-state index is 12.6. The van der Waals surface area contributed by atoms with Crippen LogP contribution in [0.25, 0.3) is 10.9 Å². The summed E-state index contributed by atoms with van der Waals surface area (Å²) in [6.45, 7) is 11.1. The highest BCUT2D eigenvalue weighted by molar-refractivity contribution is 5.93. The SMILES string of the molecule is CCOc1c(O)c2c(OCC=C(C)CCC=C(C)C)cccc2n(CC)c1=O. The van der Waals surface area contributed by atoms with Gasteiger partial charge in [0.15, 0.2) is 5.75 Å². The van der Waals surface area contributed by atoms with Crippen LogP contribution in [0.1, 0.15) is 47.5 Å². The quantitative estimate of drug-likeness (QED) is 0.603. The summed E-state index contributed by atoms with van der Waals surface area (Å²) >= 11 is 0. The molecule has 0 atom stereocenters. The van der Waals surface area contributed by atoms with Crippen molar-refractivity contribution in [3.63, 3.8) is 0 Å². The maximum Gasteiger partial charge on any atom is 0.297 e. The van der Waals surface area contributed by atoms with Gasteiger partial charge in [-0.15, -0.1) is 0 Å². The number of aromatic hydroxyl groups is 1. The largest absolute Gasteiger partial charge is 0.504 e. The van der Waals surface area contributed by atoms with E-state index in [0.717, 1.165) is 12.8 Å². The Bertz CT molecular complexity index is 934. The lowest BCUT2D eigenvalue weighted by atomic mass is 10.1. The van der Waals surface area contributed by atoms with Crippen molar-refractivity contribution >= 4 is 10.9 Å².